The number of H-pyrrole nitrogens is 1. The minimum absolute atomic E-state index is 0.178. The monoisotopic (exact) mass is 345 g/mol. The maximum atomic E-state index is 13.8. The zero-order valence-corrected chi connectivity index (χ0v) is 13.8. The third kappa shape index (κ3) is 5.00. The first kappa shape index (κ1) is 17.4. The number of rotatable bonds is 3. The number of fused-ring (bicyclic) bond motifs is 1. The highest BCUT2D eigenvalue weighted by Crippen LogP contribution is 2.24. The van der Waals surface area contributed by atoms with Gasteiger partial charge in [-0.05, 0) is 37.6 Å². The first-order chi connectivity index (χ1) is 12.2. The highest BCUT2D eigenvalue weighted by atomic mass is 19.1. The fourth-order valence-electron chi connectivity index (χ4n) is 2.74. The van der Waals surface area contributed by atoms with Gasteiger partial charge >= 0.3 is 0 Å². The molecule has 2 N–H and O–H groups in total. The van der Waals surface area contributed by atoms with E-state index >= 15 is 0 Å². The second-order valence-electron chi connectivity index (χ2n) is 6.06. The third-order valence-corrected chi connectivity index (χ3v) is 4.10. The molecular formula is C19H21F2N3O. The molecule has 25 heavy (non-hydrogen) atoms. The van der Waals surface area contributed by atoms with Crippen LogP contribution >= 0.6 is 0 Å². The second-order valence-corrected chi connectivity index (χ2v) is 6.06. The first-order valence-electron chi connectivity index (χ1n) is 8.39. The van der Waals surface area contributed by atoms with Crippen LogP contribution in [0.25, 0.3) is 10.9 Å². The fourth-order valence-corrected chi connectivity index (χ4v) is 2.74. The van der Waals surface area contributed by atoms with Gasteiger partial charge in [-0.1, -0.05) is 18.2 Å². The summed E-state index contributed by atoms with van der Waals surface area (Å²) >= 11 is 0. The van der Waals surface area contributed by atoms with E-state index in [-0.39, 0.29) is 11.6 Å². The van der Waals surface area contributed by atoms with Gasteiger partial charge in [0.1, 0.15) is 5.82 Å². The molecule has 0 radical (unpaired) electrons. The number of hydrogen-bond acceptors (Lipinski definition) is 3. The van der Waals surface area contributed by atoms with Gasteiger partial charge in [-0.25, -0.2) is 8.78 Å². The van der Waals surface area contributed by atoms with E-state index in [9.17, 15) is 8.78 Å². The van der Waals surface area contributed by atoms with Crippen LogP contribution in [-0.4, -0.2) is 29.9 Å². The molecule has 0 saturated carbocycles. The largest absolute Gasteiger partial charge is 0.490 e. The van der Waals surface area contributed by atoms with E-state index in [1.54, 1.807) is 30.5 Å². The Bertz CT molecular complexity index is 786. The third-order valence-electron chi connectivity index (χ3n) is 4.10. The van der Waals surface area contributed by atoms with Gasteiger partial charge in [0, 0.05) is 23.9 Å². The smallest absolute Gasteiger partial charge is 0.167 e. The van der Waals surface area contributed by atoms with E-state index in [1.807, 2.05) is 0 Å². The van der Waals surface area contributed by atoms with Crippen molar-refractivity contribution in [2.75, 3.05) is 19.7 Å². The number of nitrogens with zero attached hydrogens (tertiary/aromatic N) is 1. The molecule has 6 heteroatoms. The number of hydrogen-bond donors (Lipinski definition) is 2. The van der Waals surface area contributed by atoms with Crippen molar-refractivity contribution in [3.05, 3.63) is 60.3 Å². The number of ether oxygens (including phenoxy) is 1. The number of halogens is 2. The number of benzene rings is 2. The standard InChI is InChI=1S/C13H16FN3O.C6H5F/c14-11-5-12-10(7-16-17-12)4-13(11)18-8-9-2-1-3-15-6-9;7-6-4-2-1-3-5-6/h4-5,7,9,15H,1-3,6,8H2,(H,16,17);1-5H. The Kier molecular flexibility index (Phi) is 5.95. The lowest BCUT2D eigenvalue weighted by Crippen LogP contribution is -2.33. The molecule has 0 amide bonds. The summed E-state index contributed by atoms with van der Waals surface area (Å²) in [4.78, 5) is 0. The molecule has 1 unspecified atom stereocenters. The lowest BCUT2D eigenvalue weighted by molar-refractivity contribution is 0.212. The molecule has 2 aromatic carbocycles. The first-order valence-corrected chi connectivity index (χ1v) is 8.39. The molecule has 1 fully saturated rings. The maximum absolute atomic E-state index is 13.8. The topological polar surface area (TPSA) is 49.9 Å². The van der Waals surface area contributed by atoms with Crippen LogP contribution in [0.4, 0.5) is 8.78 Å². The van der Waals surface area contributed by atoms with Crippen LogP contribution in [0.15, 0.2) is 48.7 Å². The van der Waals surface area contributed by atoms with Gasteiger partial charge in [0.25, 0.3) is 0 Å². The van der Waals surface area contributed by atoms with Gasteiger partial charge < -0.3 is 10.1 Å². The molecule has 1 atom stereocenters. The predicted octanol–water partition coefficient (Wildman–Crippen LogP) is 3.91. The molecule has 1 aliphatic heterocycles. The average molecular weight is 345 g/mol. The van der Waals surface area contributed by atoms with Crippen LogP contribution in [-0.2, 0) is 0 Å². The Labute approximate surface area is 145 Å². The van der Waals surface area contributed by atoms with E-state index in [1.165, 1.54) is 18.2 Å². The molecule has 4 nitrogen and oxygen atoms in total. The molecule has 4 rings (SSSR count). The average Bonchev–Trinajstić information content (AvgIpc) is 3.09. The Hall–Kier alpha value is -2.47. The molecular weight excluding hydrogens is 324 g/mol. The molecule has 132 valence electrons. The van der Waals surface area contributed by atoms with Crippen molar-refractivity contribution in [2.24, 2.45) is 5.92 Å². The summed E-state index contributed by atoms with van der Waals surface area (Å²) in [5.41, 5.74) is 0.694. The van der Waals surface area contributed by atoms with E-state index in [0.717, 1.165) is 31.3 Å². The number of aromatic amines is 1. The van der Waals surface area contributed by atoms with Crippen molar-refractivity contribution < 1.29 is 13.5 Å². The van der Waals surface area contributed by atoms with Crippen LogP contribution < -0.4 is 10.1 Å². The molecule has 0 bridgehead atoms. The van der Waals surface area contributed by atoms with Crippen molar-refractivity contribution in [3.8, 4) is 5.75 Å². The van der Waals surface area contributed by atoms with Crippen LogP contribution in [0.2, 0.25) is 0 Å². The fraction of sp³-hybridized carbons (Fsp3) is 0.316. The Balaban J connectivity index is 0.000000219. The molecule has 2 heterocycles. The van der Waals surface area contributed by atoms with Gasteiger partial charge in [0.2, 0.25) is 0 Å². The summed E-state index contributed by atoms with van der Waals surface area (Å²) in [6, 6.07) is 11.1. The number of nitrogens with one attached hydrogen (secondary N) is 2. The minimum Gasteiger partial charge on any atom is -0.490 e. The van der Waals surface area contributed by atoms with Crippen molar-refractivity contribution in [2.45, 2.75) is 12.8 Å². The quantitative estimate of drug-likeness (QED) is 0.757. The lowest BCUT2D eigenvalue weighted by Gasteiger charge is -2.22. The van der Waals surface area contributed by atoms with Gasteiger partial charge in [-0.2, -0.15) is 5.10 Å². The van der Waals surface area contributed by atoms with Crippen LogP contribution in [0, 0.1) is 17.6 Å². The summed E-state index contributed by atoms with van der Waals surface area (Å²) < 4.78 is 31.3. The van der Waals surface area contributed by atoms with E-state index in [2.05, 4.69) is 15.5 Å². The van der Waals surface area contributed by atoms with Crippen molar-refractivity contribution in [1.82, 2.24) is 15.5 Å². The van der Waals surface area contributed by atoms with Gasteiger partial charge in [0.05, 0.1) is 18.3 Å². The molecule has 0 aliphatic carbocycles. The summed E-state index contributed by atoms with van der Waals surface area (Å²) in [6.45, 7) is 2.59. The number of piperidine rings is 1. The zero-order chi connectivity index (χ0) is 17.5. The zero-order valence-electron chi connectivity index (χ0n) is 13.8. The van der Waals surface area contributed by atoms with Crippen LogP contribution in [0.1, 0.15) is 12.8 Å². The summed E-state index contributed by atoms with van der Waals surface area (Å²) in [6.07, 6.45) is 3.98. The SMILES string of the molecule is Fc1cc2[nH]ncc2cc1OCC1CCCNC1.Fc1ccccc1. The van der Waals surface area contributed by atoms with Crippen LogP contribution in [0.5, 0.6) is 5.75 Å². The summed E-state index contributed by atoms with van der Waals surface area (Å²) in [5, 5.41) is 10.8. The second kappa shape index (κ2) is 8.58. The van der Waals surface area contributed by atoms with Gasteiger partial charge in [0.15, 0.2) is 11.6 Å². The molecule has 0 spiro atoms. The van der Waals surface area contributed by atoms with E-state index in [0.29, 0.717) is 23.8 Å². The molecule has 3 aromatic rings. The number of aromatic nitrogens is 2. The highest BCUT2D eigenvalue weighted by Gasteiger charge is 2.15. The normalized spacial score (nSPS) is 17.0. The van der Waals surface area contributed by atoms with E-state index in [4.69, 9.17) is 4.74 Å². The van der Waals surface area contributed by atoms with E-state index < -0.39 is 0 Å². The van der Waals surface area contributed by atoms with Gasteiger partial charge in [-0.15, -0.1) is 0 Å². The molecule has 1 aliphatic rings. The lowest BCUT2D eigenvalue weighted by atomic mass is 10.0. The summed E-state index contributed by atoms with van der Waals surface area (Å²) in [5.74, 6) is 0.269. The Morgan fingerprint density at radius 3 is 2.68 bits per heavy atom. The molecule has 1 aromatic heterocycles. The predicted molar refractivity (Wildman–Crippen MR) is 93.5 cm³/mol. The summed E-state index contributed by atoms with van der Waals surface area (Å²) in [7, 11) is 0. The van der Waals surface area contributed by atoms with Gasteiger partial charge in [-0.3, -0.25) is 5.10 Å². The van der Waals surface area contributed by atoms with Crippen molar-refractivity contribution in [1.29, 1.82) is 0 Å². The van der Waals surface area contributed by atoms with Crippen molar-refractivity contribution in [3.63, 3.8) is 0 Å². The Morgan fingerprint density at radius 2 is 2.00 bits per heavy atom. The Morgan fingerprint density at radius 1 is 1.16 bits per heavy atom. The maximum Gasteiger partial charge on any atom is 0.167 e. The molecule has 1 saturated heterocycles. The highest BCUT2D eigenvalue weighted by molar-refractivity contribution is 5.79. The van der Waals surface area contributed by atoms with Crippen LogP contribution in [0.3, 0.4) is 0 Å². The van der Waals surface area contributed by atoms with Crippen molar-refractivity contribution >= 4 is 10.9 Å². The minimum atomic E-state index is -0.337.